The Hall–Kier alpha value is -3.61. The smallest absolute Gasteiger partial charge is 0.327 e. The molecule has 3 aliphatic heterocycles. The van der Waals surface area contributed by atoms with Crippen molar-refractivity contribution < 1.29 is 33.9 Å². The number of benzene rings is 1. The van der Waals surface area contributed by atoms with Crippen LogP contribution in [0.2, 0.25) is 0 Å². The van der Waals surface area contributed by atoms with Crippen molar-refractivity contribution in [3.05, 3.63) is 35.9 Å². The van der Waals surface area contributed by atoms with Crippen LogP contribution in [0.5, 0.6) is 0 Å². The topological polar surface area (TPSA) is 156 Å². The number of imide groups is 1. The van der Waals surface area contributed by atoms with Crippen molar-refractivity contribution in [2.75, 3.05) is 19.6 Å². The standard InChI is InChI=1S/C23H27N5O7S/c1-4-26-10-11-27(19(32)18(26)31)22(35)25-13(12-8-6-5-7-9-12)16(29)24-14-17(30)28-15(21(33)34)23(2,3)36-20(14)28/h5-9,13-15,20H,4,10-11H2,1-3H3,(H,24,29)(H,25,35)(H,33,34)/t13-,14-,15-,20-/m1/s1. The maximum Gasteiger partial charge on any atom is 0.327 e. The lowest BCUT2D eigenvalue weighted by atomic mass is 9.95. The molecule has 3 fully saturated rings. The zero-order valence-electron chi connectivity index (χ0n) is 20.0. The molecule has 3 saturated heterocycles. The van der Waals surface area contributed by atoms with Gasteiger partial charge in [-0.25, -0.2) is 9.59 Å². The van der Waals surface area contributed by atoms with Gasteiger partial charge >= 0.3 is 23.8 Å². The first-order valence-corrected chi connectivity index (χ1v) is 12.3. The summed E-state index contributed by atoms with van der Waals surface area (Å²) in [5, 5.41) is 14.2. The fourth-order valence-electron chi connectivity index (χ4n) is 4.70. The molecule has 3 aliphatic rings. The maximum atomic E-state index is 13.3. The van der Waals surface area contributed by atoms with E-state index in [2.05, 4.69) is 10.6 Å². The van der Waals surface area contributed by atoms with Crippen molar-refractivity contribution in [3.63, 3.8) is 0 Å². The molecular weight excluding hydrogens is 490 g/mol. The number of carbonyl (C=O) groups excluding carboxylic acids is 5. The van der Waals surface area contributed by atoms with Crippen LogP contribution < -0.4 is 10.6 Å². The minimum absolute atomic E-state index is 0.0200. The second kappa shape index (κ2) is 9.45. The molecule has 6 amide bonds. The van der Waals surface area contributed by atoms with Crippen molar-refractivity contribution in [2.24, 2.45) is 0 Å². The molecule has 0 unspecified atom stereocenters. The molecule has 3 heterocycles. The number of hydrogen-bond donors (Lipinski definition) is 3. The number of thioether (sulfide) groups is 1. The third-order valence-corrected chi connectivity index (χ3v) is 8.14. The summed E-state index contributed by atoms with van der Waals surface area (Å²) in [6, 6.07) is 4.11. The Morgan fingerprint density at radius 1 is 1.11 bits per heavy atom. The van der Waals surface area contributed by atoms with Crippen LogP contribution in [0.15, 0.2) is 30.3 Å². The Morgan fingerprint density at radius 3 is 2.39 bits per heavy atom. The summed E-state index contributed by atoms with van der Waals surface area (Å²) in [6.07, 6.45) is 0. The molecule has 1 aromatic rings. The summed E-state index contributed by atoms with van der Waals surface area (Å²) >= 11 is 1.28. The number of nitrogens with zero attached hydrogens (tertiary/aromatic N) is 3. The molecular formula is C23H27N5O7S. The summed E-state index contributed by atoms with van der Waals surface area (Å²) in [5.41, 5.74) is 0.403. The number of piperazine rings is 1. The quantitative estimate of drug-likeness (QED) is 0.345. The first-order chi connectivity index (χ1) is 17.0. The second-order valence-electron chi connectivity index (χ2n) is 9.22. The number of amides is 6. The zero-order valence-corrected chi connectivity index (χ0v) is 20.8. The van der Waals surface area contributed by atoms with Gasteiger partial charge in [-0.3, -0.25) is 24.1 Å². The van der Waals surface area contributed by atoms with E-state index in [-0.39, 0.29) is 13.1 Å². The van der Waals surface area contributed by atoms with E-state index in [4.69, 9.17) is 0 Å². The molecule has 13 heteroatoms. The van der Waals surface area contributed by atoms with Crippen molar-refractivity contribution >= 4 is 47.4 Å². The monoisotopic (exact) mass is 517 g/mol. The second-order valence-corrected chi connectivity index (χ2v) is 11.0. The van der Waals surface area contributed by atoms with Gasteiger partial charge in [0.15, 0.2) is 0 Å². The number of nitrogens with one attached hydrogen (secondary N) is 2. The predicted octanol–water partition coefficient (Wildman–Crippen LogP) is -0.240. The van der Waals surface area contributed by atoms with E-state index in [1.165, 1.54) is 21.6 Å². The van der Waals surface area contributed by atoms with Gasteiger partial charge in [0.2, 0.25) is 11.8 Å². The molecule has 192 valence electrons. The highest BCUT2D eigenvalue weighted by Gasteiger charge is 2.64. The molecule has 0 saturated carbocycles. The van der Waals surface area contributed by atoms with Gasteiger partial charge in [0, 0.05) is 24.4 Å². The number of rotatable bonds is 6. The summed E-state index contributed by atoms with van der Waals surface area (Å²) in [7, 11) is 0. The lowest BCUT2D eigenvalue weighted by Gasteiger charge is -2.44. The van der Waals surface area contributed by atoms with E-state index < -0.39 is 63.9 Å². The Balaban J connectivity index is 1.51. The molecule has 4 atom stereocenters. The van der Waals surface area contributed by atoms with Crippen molar-refractivity contribution in [3.8, 4) is 0 Å². The van der Waals surface area contributed by atoms with Crippen LogP contribution in [0.4, 0.5) is 4.79 Å². The average Bonchev–Trinajstić information content (AvgIpc) is 3.10. The van der Waals surface area contributed by atoms with Gasteiger partial charge in [-0.15, -0.1) is 11.8 Å². The first kappa shape index (κ1) is 25.5. The summed E-state index contributed by atoms with van der Waals surface area (Å²) in [5.74, 6) is -4.12. The molecule has 0 aromatic heterocycles. The number of carbonyl (C=O) groups is 6. The molecule has 3 N–H and O–H groups in total. The molecule has 0 aliphatic carbocycles. The van der Waals surface area contributed by atoms with Crippen LogP contribution in [0.1, 0.15) is 32.4 Å². The van der Waals surface area contributed by atoms with Crippen LogP contribution in [-0.2, 0) is 24.0 Å². The summed E-state index contributed by atoms with van der Waals surface area (Å²) < 4.78 is -0.758. The Morgan fingerprint density at radius 2 is 1.78 bits per heavy atom. The highest BCUT2D eigenvalue weighted by atomic mass is 32.2. The van der Waals surface area contributed by atoms with E-state index in [1.807, 2.05) is 0 Å². The van der Waals surface area contributed by atoms with Gasteiger partial charge in [-0.2, -0.15) is 0 Å². The van der Waals surface area contributed by atoms with Gasteiger partial charge in [0.25, 0.3) is 0 Å². The number of β-lactam (4-membered cyclic amide) rings is 1. The van der Waals surface area contributed by atoms with Crippen LogP contribution in [-0.4, -0.2) is 97.3 Å². The fourth-order valence-corrected chi connectivity index (χ4v) is 6.32. The molecule has 36 heavy (non-hydrogen) atoms. The van der Waals surface area contributed by atoms with Gasteiger partial charge in [0.05, 0.1) is 0 Å². The Kier molecular flexibility index (Phi) is 6.69. The lowest BCUT2D eigenvalue weighted by Crippen LogP contribution is -2.71. The number of carboxylic acid groups (broad SMARTS) is 1. The maximum absolute atomic E-state index is 13.3. The van der Waals surface area contributed by atoms with Crippen molar-refractivity contribution in [1.29, 1.82) is 0 Å². The third kappa shape index (κ3) is 4.27. The van der Waals surface area contributed by atoms with Gasteiger partial charge in [-0.05, 0) is 26.3 Å². The van der Waals surface area contributed by atoms with Crippen molar-refractivity contribution in [1.82, 2.24) is 25.3 Å². The fraction of sp³-hybridized carbons (Fsp3) is 0.478. The van der Waals surface area contributed by atoms with Crippen LogP contribution in [0.3, 0.4) is 0 Å². The number of aliphatic carboxylic acids is 1. The highest BCUT2D eigenvalue weighted by molar-refractivity contribution is 8.01. The van der Waals surface area contributed by atoms with E-state index in [0.717, 1.165) is 4.90 Å². The van der Waals surface area contributed by atoms with Crippen molar-refractivity contribution in [2.45, 2.75) is 49.0 Å². The van der Waals surface area contributed by atoms with Gasteiger partial charge in [-0.1, -0.05) is 30.3 Å². The van der Waals surface area contributed by atoms with Gasteiger partial charge in [0.1, 0.15) is 23.5 Å². The molecule has 4 rings (SSSR count). The normalized spacial score (nSPS) is 25.7. The van der Waals surface area contributed by atoms with E-state index in [1.54, 1.807) is 51.1 Å². The zero-order chi connectivity index (χ0) is 26.4. The number of hydrogen-bond acceptors (Lipinski definition) is 7. The minimum Gasteiger partial charge on any atom is -0.480 e. The highest BCUT2D eigenvalue weighted by Crippen LogP contribution is 2.50. The summed E-state index contributed by atoms with van der Waals surface area (Å²) in [4.78, 5) is 78.8. The molecule has 0 radical (unpaired) electrons. The van der Waals surface area contributed by atoms with E-state index >= 15 is 0 Å². The minimum atomic E-state index is -1.26. The van der Waals surface area contributed by atoms with E-state index in [9.17, 15) is 33.9 Å². The van der Waals surface area contributed by atoms with Crippen LogP contribution in [0, 0.1) is 0 Å². The third-order valence-electron chi connectivity index (χ3n) is 6.57. The number of likely N-dealkylation sites (N-methyl/N-ethyl adjacent to an activating group) is 1. The average molecular weight is 518 g/mol. The molecule has 1 aromatic carbocycles. The lowest BCUT2D eigenvalue weighted by molar-refractivity contribution is -0.161. The molecule has 0 bridgehead atoms. The molecule has 0 spiro atoms. The first-order valence-electron chi connectivity index (χ1n) is 11.5. The summed E-state index contributed by atoms with van der Waals surface area (Å²) in [6.45, 7) is 5.67. The molecule has 12 nitrogen and oxygen atoms in total. The van der Waals surface area contributed by atoms with E-state index in [0.29, 0.717) is 12.1 Å². The Bertz CT molecular complexity index is 1130. The number of carboxylic acids is 1. The Labute approximate surface area is 211 Å². The number of urea groups is 1. The van der Waals surface area contributed by atoms with Crippen LogP contribution in [0.25, 0.3) is 0 Å². The van der Waals surface area contributed by atoms with Crippen LogP contribution >= 0.6 is 11.8 Å². The SMILES string of the molecule is CCN1CCN(C(=O)N[C@@H](C(=O)N[C@@H]2C(=O)N3[C@@H]2SC(C)(C)[C@H]3C(=O)O)c2ccccc2)C(=O)C1=O. The number of fused-ring (bicyclic) bond motifs is 1. The predicted molar refractivity (Wildman–Crippen MR) is 127 cm³/mol. The van der Waals surface area contributed by atoms with Gasteiger partial charge < -0.3 is 25.5 Å². The largest absolute Gasteiger partial charge is 0.480 e.